The third kappa shape index (κ3) is 5.47. The smallest absolute Gasteiger partial charge is 0.307 e. The number of aliphatic carboxylic acids is 1. The fraction of sp³-hybridized carbons (Fsp3) is 0.0952. The van der Waals surface area contributed by atoms with Gasteiger partial charge in [-0.15, -0.1) is 11.8 Å². The van der Waals surface area contributed by atoms with E-state index < -0.39 is 11.8 Å². The SMILES string of the molecule is O=C(O)Cc1ccc(Cl)c(Oc2ccc(SCc3ccc(F)cc3)cc2F)c1. The molecule has 3 aromatic rings. The second kappa shape index (κ2) is 9.08. The Kier molecular flexibility index (Phi) is 6.54. The van der Waals surface area contributed by atoms with Gasteiger partial charge in [0.25, 0.3) is 0 Å². The van der Waals surface area contributed by atoms with E-state index in [1.165, 1.54) is 48.2 Å². The molecule has 3 nitrogen and oxygen atoms in total. The van der Waals surface area contributed by atoms with E-state index >= 15 is 0 Å². The summed E-state index contributed by atoms with van der Waals surface area (Å²) in [6, 6.07) is 15.3. The molecule has 0 fully saturated rings. The average Bonchev–Trinajstić information content (AvgIpc) is 2.65. The van der Waals surface area contributed by atoms with Crippen molar-refractivity contribution < 1.29 is 23.4 Å². The Bertz CT molecular complexity index is 993. The molecule has 0 aliphatic rings. The van der Waals surface area contributed by atoms with Gasteiger partial charge in [-0.3, -0.25) is 4.79 Å². The highest BCUT2D eigenvalue weighted by atomic mass is 35.5. The number of carboxylic acids is 1. The number of carboxylic acid groups (broad SMARTS) is 1. The molecule has 1 N–H and O–H groups in total. The summed E-state index contributed by atoms with van der Waals surface area (Å²) in [4.78, 5) is 11.5. The van der Waals surface area contributed by atoms with Crippen LogP contribution in [-0.2, 0) is 17.0 Å². The highest BCUT2D eigenvalue weighted by molar-refractivity contribution is 7.98. The van der Waals surface area contributed by atoms with Gasteiger partial charge in [-0.1, -0.05) is 29.8 Å². The van der Waals surface area contributed by atoms with Crippen molar-refractivity contribution in [3.05, 3.63) is 88.4 Å². The van der Waals surface area contributed by atoms with Crippen LogP contribution in [-0.4, -0.2) is 11.1 Å². The summed E-state index contributed by atoms with van der Waals surface area (Å²) in [6.07, 6.45) is -0.186. The first kappa shape index (κ1) is 20.2. The zero-order chi connectivity index (χ0) is 20.1. The van der Waals surface area contributed by atoms with Crippen LogP contribution in [0.1, 0.15) is 11.1 Å². The van der Waals surface area contributed by atoms with Crippen molar-refractivity contribution in [2.45, 2.75) is 17.1 Å². The Hall–Kier alpha value is -2.57. The molecule has 0 aromatic heterocycles. The van der Waals surface area contributed by atoms with Crippen LogP contribution in [0.15, 0.2) is 65.6 Å². The fourth-order valence-corrected chi connectivity index (χ4v) is 3.46. The van der Waals surface area contributed by atoms with Crippen molar-refractivity contribution >= 4 is 29.3 Å². The molecular formula is C21H15ClF2O3S. The molecule has 3 rings (SSSR count). The van der Waals surface area contributed by atoms with E-state index in [1.54, 1.807) is 24.3 Å². The van der Waals surface area contributed by atoms with Gasteiger partial charge in [0, 0.05) is 10.6 Å². The van der Waals surface area contributed by atoms with E-state index in [4.69, 9.17) is 21.4 Å². The number of benzene rings is 3. The molecule has 0 saturated heterocycles. The molecule has 0 aliphatic carbocycles. The molecule has 3 aromatic carbocycles. The Labute approximate surface area is 169 Å². The zero-order valence-electron chi connectivity index (χ0n) is 14.5. The molecular weight excluding hydrogens is 406 g/mol. The minimum atomic E-state index is -0.984. The standard InChI is InChI=1S/C21H15ClF2O3S/c22-17-7-3-14(10-21(25)26)9-20(17)27-19-8-6-16(11-18(19)24)28-12-13-1-4-15(23)5-2-13/h1-9,11H,10,12H2,(H,25,26). The van der Waals surface area contributed by atoms with Gasteiger partial charge in [0.2, 0.25) is 0 Å². The minimum absolute atomic E-state index is 0.0134. The van der Waals surface area contributed by atoms with Crippen molar-refractivity contribution in [2.24, 2.45) is 0 Å². The van der Waals surface area contributed by atoms with Crippen LogP contribution in [0, 0.1) is 11.6 Å². The molecule has 28 heavy (non-hydrogen) atoms. The van der Waals surface area contributed by atoms with Crippen molar-refractivity contribution in [1.82, 2.24) is 0 Å². The normalized spacial score (nSPS) is 10.7. The molecule has 0 radical (unpaired) electrons. The van der Waals surface area contributed by atoms with E-state index in [-0.39, 0.29) is 28.8 Å². The maximum atomic E-state index is 14.4. The third-order valence-electron chi connectivity index (χ3n) is 3.79. The molecule has 0 amide bonds. The summed E-state index contributed by atoms with van der Waals surface area (Å²) in [7, 11) is 0. The molecule has 0 spiro atoms. The highest BCUT2D eigenvalue weighted by Crippen LogP contribution is 2.34. The summed E-state index contributed by atoms with van der Waals surface area (Å²) in [5, 5.41) is 9.14. The monoisotopic (exact) mass is 420 g/mol. The highest BCUT2D eigenvalue weighted by Gasteiger charge is 2.11. The predicted octanol–water partition coefficient (Wildman–Crippen LogP) is 6.33. The molecule has 0 saturated carbocycles. The van der Waals surface area contributed by atoms with E-state index in [0.717, 1.165) is 5.56 Å². The molecule has 7 heteroatoms. The lowest BCUT2D eigenvalue weighted by molar-refractivity contribution is -0.136. The number of hydrogen-bond acceptors (Lipinski definition) is 3. The number of thioether (sulfide) groups is 1. The average molecular weight is 421 g/mol. The van der Waals surface area contributed by atoms with Crippen molar-refractivity contribution in [2.75, 3.05) is 0 Å². The van der Waals surface area contributed by atoms with Gasteiger partial charge in [0.15, 0.2) is 11.6 Å². The van der Waals surface area contributed by atoms with Crippen LogP contribution >= 0.6 is 23.4 Å². The zero-order valence-corrected chi connectivity index (χ0v) is 16.1. The maximum Gasteiger partial charge on any atom is 0.307 e. The minimum Gasteiger partial charge on any atom is -0.481 e. The number of hydrogen-bond donors (Lipinski definition) is 1. The predicted molar refractivity (Wildman–Crippen MR) is 105 cm³/mol. The van der Waals surface area contributed by atoms with Gasteiger partial charge in [0.05, 0.1) is 11.4 Å². The lowest BCUT2D eigenvalue weighted by atomic mass is 10.1. The number of rotatable bonds is 7. The maximum absolute atomic E-state index is 14.4. The first-order chi connectivity index (χ1) is 13.4. The van der Waals surface area contributed by atoms with Gasteiger partial charge in [-0.05, 0) is 53.6 Å². The van der Waals surface area contributed by atoms with Crippen molar-refractivity contribution in [3.8, 4) is 11.5 Å². The molecule has 0 unspecified atom stereocenters. The molecule has 0 heterocycles. The number of carbonyl (C=O) groups is 1. The van der Waals surface area contributed by atoms with Gasteiger partial charge < -0.3 is 9.84 Å². The van der Waals surface area contributed by atoms with Crippen LogP contribution in [0.4, 0.5) is 8.78 Å². The van der Waals surface area contributed by atoms with Crippen LogP contribution < -0.4 is 4.74 Å². The van der Waals surface area contributed by atoms with Gasteiger partial charge in [-0.2, -0.15) is 0 Å². The van der Waals surface area contributed by atoms with E-state index in [2.05, 4.69) is 0 Å². The molecule has 0 aliphatic heterocycles. The summed E-state index contributed by atoms with van der Waals surface area (Å²) in [5.74, 6) is -1.10. The van der Waals surface area contributed by atoms with Crippen LogP contribution in [0.5, 0.6) is 11.5 Å². The van der Waals surface area contributed by atoms with E-state index in [0.29, 0.717) is 16.2 Å². The largest absolute Gasteiger partial charge is 0.481 e. The topological polar surface area (TPSA) is 46.5 Å². The van der Waals surface area contributed by atoms with Crippen molar-refractivity contribution in [3.63, 3.8) is 0 Å². The lowest BCUT2D eigenvalue weighted by Gasteiger charge is -2.11. The quantitative estimate of drug-likeness (QED) is 0.454. The number of ether oxygens (including phenoxy) is 1. The Balaban J connectivity index is 1.70. The summed E-state index contributed by atoms with van der Waals surface area (Å²) in [6.45, 7) is 0. The van der Waals surface area contributed by atoms with E-state index in [9.17, 15) is 13.6 Å². The van der Waals surface area contributed by atoms with Gasteiger partial charge in [0.1, 0.15) is 11.6 Å². The summed E-state index contributed by atoms with van der Waals surface area (Å²) < 4.78 is 32.9. The number of halogens is 3. The Morgan fingerprint density at radius 3 is 2.36 bits per heavy atom. The second-order valence-electron chi connectivity index (χ2n) is 5.94. The Morgan fingerprint density at radius 2 is 1.68 bits per heavy atom. The van der Waals surface area contributed by atoms with Crippen LogP contribution in [0.3, 0.4) is 0 Å². The van der Waals surface area contributed by atoms with Crippen LogP contribution in [0.25, 0.3) is 0 Å². The first-order valence-electron chi connectivity index (χ1n) is 8.25. The Morgan fingerprint density at radius 1 is 0.964 bits per heavy atom. The van der Waals surface area contributed by atoms with Gasteiger partial charge >= 0.3 is 5.97 Å². The van der Waals surface area contributed by atoms with E-state index in [1.807, 2.05) is 0 Å². The summed E-state index contributed by atoms with van der Waals surface area (Å²) in [5.41, 5.74) is 1.42. The lowest BCUT2D eigenvalue weighted by Crippen LogP contribution is -2.00. The third-order valence-corrected chi connectivity index (χ3v) is 5.17. The second-order valence-corrected chi connectivity index (χ2v) is 7.40. The van der Waals surface area contributed by atoms with Crippen LogP contribution in [0.2, 0.25) is 5.02 Å². The molecule has 0 bridgehead atoms. The first-order valence-corrected chi connectivity index (χ1v) is 9.62. The van der Waals surface area contributed by atoms with Crippen molar-refractivity contribution in [1.29, 1.82) is 0 Å². The summed E-state index contributed by atoms with van der Waals surface area (Å²) >= 11 is 7.48. The fourth-order valence-electron chi connectivity index (χ4n) is 2.43. The molecule has 0 atom stereocenters. The van der Waals surface area contributed by atoms with Gasteiger partial charge in [-0.25, -0.2) is 8.78 Å². The molecule has 144 valence electrons.